The van der Waals surface area contributed by atoms with Gasteiger partial charge in [-0.3, -0.25) is 0 Å². The van der Waals surface area contributed by atoms with Gasteiger partial charge in [0.15, 0.2) is 0 Å². The first-order valence-electron chi connectivity index (χ1n) is 7.95. The van der Waals surface area contributed by atoms with Crippen LogP contribution in [-0.4, -0.2) is 11.1 Å². The maximum Gasteiger partial charge on any atom is 0.346 e. The predicted molar refractivity (Wildman–Crippen MR) is 97.6 cm³/mol. The maximum absolute atomic E-state index is 10.9. The fraction of sp³-hybridized carbons (Fsp3) is 0.238. The number of nitriles is 1. The third kappa shape index (κ3) is 4.71. The molecule has 128 valence electrons. The van der Waals surface area contributed by atoms with Crippen LogP contribution < -0.4 is 4.74 Å². The summed E-state index contributed by atoms with van der Waals surface area (Å²) in [6.45, 7) is 8.46. The van der Waals surface area contributed by atoms with E-state index in [4.69, 9.17) is 15.1 Å². The van der Waals surface area contributed by atoms with Gasteiger partial charge in [-0.15, -0.1) is 0 Å². The summed E-state index contributed by atoms with van der Waals surface area (Å²) in [6.07, 6.45) is 1.33. The first-order valence-corrected chi connectivity index (χ1v) is 7.95. The highest BCUT2D eigenvalue weighted by atomic mass is 16.5. The predicted octanol–water partition coefficient (Wildman–Crippen LogP) is 5.08. The first-order chi connectivity index (χ1) is 11.7. The van der Waals surface area contributed by atoms with Gasteiger partial charge in [0.05, 0.1) is 0 Å². The molecule has 2 rings (SSSR count). The van der Waals surface area contributed by atoms with E-state index in [2.05, 4.69) is 33.8 Å². The molecule has 0 aromatic heterocycles. The number of benzene rings is 2. The van der Waals surface area contributed by atoms with Gasteiger partial charge in [0.2, 0.25) is 0 Å². The monoisotopic (exact) mass is 335 g/mol. The molecule has 0 spiro atoms. The van der Waals surface area contributed by atoms with Crippen molar-refractivity contribution < 1.29 is 14.6 Å². The second-order valence-electron chi connectivity index (χ2n) is 6.90. The van der Waals surface area contributed by atoms with Gasteiger partial charge in [0.1, 0.15) is 23.1 Å². The van der Waals surface area contributed by atoms with E-state index in [0.29, 0.717) is 11.3 Å². The zero-order chi connectivity index (χ0) is 18.6. The topological polar surface area (TPSA) is 70.3 Å². The highest BCUT2D eigenvalue weighted by Crippen LogP contribution is 2.35. The molecule has 0 radical (unpaired) electrons. The van der Waals surface area contributed by atoms with Crippen molar-refractivity contribution in [1.82, 2.24) is 0 Å². The summed E-state index contributed by atoms with van der Waals surface area (Å²) < 4.78 is 6.02. The third-order valence-electron chi connectivity index (χ3n) is 3.71. The number of ether oxygens (including phenoxy) is 1. The van der Waals surface area contributed by atoms with Crippen molar-refractivity contribution in [1.29, 1.82) is 5.26 Å². The Morgan fingerprint density at radius 1 is 1.16 bits per heavy atom. The lowest BCUT2D eigenvalue weighted by molar-refractivity contribution is -0.132. The van der Waals surface area contributed by atoms with Crippen LogP contribution in [0.15, 0.2) is 48.0 Å². The third-order valence-corrected chi connectivity index (χ3v) is 3.71. The Kier molecular flexibility index (Phi) is 5.29. The summed E-state index contributed by atoms with van der Waals surface area (Å²) in [5.41, 5.74) is 2.57. The molecule has 2 aromatic carbocycles. The first kappa shape index (κ1) is 18.3. The van der Waals surface area contributed by atoms with Crippen molar-refractivity contribution in [3.05, 3.63) is 64.7 Å². The Balaban J connectivity index is 2.29. The standard InChI is InChI=1S/C21H21NO3/c1-14-5-10-19(18(11-14)21(2,3)4)25-17-8-6-15(7-9-17)12-16(13-22)20(23)24/h5-12H,1-4H3,(H,23,24). The number of hydrogen-bond acceptors (Lipinski definition) is 3. The van der Waals surface area contributed by atoms with Gasteiger partial charge in [-0.25, -0.2) is 4.79 Å². The van der Waals surface area contributed by atoms with E-state index in [1.165, 1.54) is 11.6 Å². The number of hydrogen-bond donors (Lipinski definition) is 1. The van der Waals surface area contributed by atoms with Crippen LogP contribution in [0.25, 0.3) is 6.08 Å². The van der Waals surface area contributed by atoms with Gasteiger partial charge in [-0.1, -0.05) is 50.6 Å². The molecule has 1 N–H and O–H groups in total. The van der Waals surface area contributed by atoms with Gasteiger partial charge < -0.3 is 9.84 Å². The summed E-state index contributed by atoms with van der Waals surface area (Å²) in [6, 6.07) is 14.7. The molecule has 0 saturated carbocycles. The van der Waals surface area contributed by atoms with Crippen molar-refractivity contribution in [2.24, 2.45) is 0 Å². The summed E-state index contributed by atoms with van der Waals surface area (Å²) in [4.78, 5) is 10.9. The Hall–Kier alpha value is -3.06. The van der Waals surface area contributed by atoms with Crippen LogP contribution in [-0.2, 0) is 10.2 Å². The largest absolute Gasteiger partial charge is 0.477 e. The summed E-state index contributed by atoms with van der Waals surface area (Å²) in [5, 5.41) is 17.7. The normalized spacial score (nSPS) is 11.7. The molecule has 0 amide bonds. The van der Waals surface area contributed by atoms with Crippen LogP contribution in [0.5, 0.6) is 11.5 Å². The van der Waals surface area contributed by atoms with Crippen molar-refractivity contribution in [2.75, 3.05) is 0 Å². The Morgan fingerprint density at radius 2 is 1.80 bits per heavy atom. The second-order valence-corrected chi connectivity index (χ2v) is 6.90. The van der Waals surface area contributed by atoms with Crippen molar-refractivity contribution in [3.63, 3.8) is 0 Å². The number of carboxylic acid groups (broad SMARTS) is 1. The summed E-state index contributed by atoms with van der Waals surface area (Å²) in [5.74, 6) is 0.210. The molecule has 0 aliphatic carbocycles. The SMILES string of the molecule is Cc1ccc(Oc2ccc(C=C(C#N)C(=O)O)cc2)c(C(C)(C)C)c1. The molecule has 0 heterocycles. The van der Waals surface area contributed by atoms with Crippen LogP contribution >= 0.6 is 0 Å². The molecular formula is C21H21NO3. The Labute approximate surface area is 148 Å². The average Bonchev–Trinajstić information content (AvgIpc) is 2.54. The smallest absolute Gasteiger partial charge is 0.346 e. The minimum absolute atomic E-state index is 0.0484. The molecule has 0 aliphatic heterocycles. The number of nitrogens with zero attached hydrogens (tertiary/aromatic N) is 1. The van der Waals surface area contributed by atoms with Gasteiger partial charge in [0, 0.05) is 5.56 Å². The molecule has 25 heavy (non-hydrogen) atoms. The molecule has 4 heteroatoms. The number of carboxylic acids is 1. The van der Waals surface area contributed by atoms with Gasteiger partial charge in [-0.2, -0.15) is 5.26 Å². The molecule has 4 nitrogen and oxygen atoms in total. The van der Waals surface area contributed by atoms with Gasteiger partial charge in [-0.05, 0) is 42.2 Å². The number of aliphatic carboxylic acids is 1. The van der Waals surface area contributed by atoms with E-state index < -0.39 is 5.97 Å². The summed E-state index contributed by atoms with van der Waals surface area (Å²) >= 11 is 0. The molecule has 2 aromatic rings. The molecule has 0 bridgehead atoms. The van der Waals surface area contributed by atoms with Crippen LogP contribution in [0.4, 0.5) is 0 Å². The van der Waals surface area contributed by atoms with E-state index in [0.717, 1.165) is 11.3 Å². The molecule has 0 unspecified atom stereocenters. The van der Waals surface area contributed by atoms with E-state index in [1.807, 2.05) is 12.1 Å². The molecule has 0 saturated heterocycles. The van der Waals surface area contributed by atoms with Crippen molar-refractivity contribution in [2.45, 2.75) is 33.1 Å². The quantitative estimate of drug-likeness (QED) is 0.625. The highest BCUT2D eigenvalue weighted by Gasteiger charge is 2.19. The van der Waals surface area contributed by atoms with Gasteiger partial charge >= 0.3 is 5.97 Å². The lowest BCUT2D eigenvalue weighted by atomic mass is 9.85. The molecular weight excluding hydrogens is 314 g/mol. The second kappa shape index (κ2) is 7.23. The fourth-order valence-electron chi connectivity index (χ4n) is 2.39. The van der Waals surface area contributed by atoms with Crippen LogP contribution in [0, 0.1) is 18.3 Å². The number of aryl methyl sites for hydroxylation is 1. The zero-order valence-electron chi connectivity index (χ0n) is 14.8. The Morgan fingerprint density at radius 3 is 2.32 bits per heavy atom. The van der Waals surface area contributed by atoms with E-state index in [9.17, 15) is 4.79 Å². The minimum atomic E-state index is -1.24. The minimum Gasteiger partial charge on any atom is -0.477 e. The van der Waals surface area contributed by atoms with Crippen LogP contribution in [0.2, 0.25) is 0 Å². The van der Waals surface area contributed by atoms with Gasteiger partial charge in [0.25, 0.3) is 0 Å². The van der Waals surface area contributed by atoms with Crippen LogP contribution in [0.1, 0.15) is 37.5 Å². The fourth-order valence-corrected chi connectivity index (χ4v) is 2.39. The van der Waals surface area contributed by atoms with E-state index >= 15 is 0 Å². The lowest BCUT2D eigenvalue weighted by Gasteiger charge is -2.23. The number of carbonyl (C=O) groups is 1. The Bertz CT molecular complexity index is 850. The van der Waals surface area contributed by atoms with Crippen LogP contribution in [0.3, 0.4) is 0 Å². The zero-order valence-corrected chi connectivity index (χ0v) is 14.8. The van der Waals surface area contributed by atoms with E-state index in [1.54, 1.807) is 30.3 Å². The highest BCUT2D eigenvalue weighted by molar-refractivity contribution is 5.96. The molecule has 0 fully saturated rings. The molecule has 0 aliphatic rings. The van der Waals surface area contributed by atoms with Crippen molar-refractivity contribution >= 4 is 12.0 Å². The lowest BCUT2D eigenvalue weighted by Crippen LogP contribution is -2.12. The average molecular weight is 335 g/mol. The van der Waals surface area contributed by atoms with E-state index in [-0.39, 0.29) is 11.0 Å². The van der Waals surface area contributed by atoms with Crippen molar-refractivity contribution in [3.8, 4) is 17.6 Å². The maximum atomic E-state index is 10.9. The number of rotatable bonds is 4. The molecule has 0 atom stereocenters. The summed E-state index contributed by atoms with van der Waals surface area (Å²) in [7, 11) is 0.